The SMILES string of the molecule is COCCN1CCCN(C(=O)c2nc(N)n[nH]2)CC1. The first kappa shape index (κ1) is 13.8. The van der Waals surface area contributed by atoms with Crippen LogP contribution in [0.5, 0.6) is 0 Å². The molecule has 0 bridgehead atoms. The number of carbonyl (C=O) groups is 1. The summed E-state index contributed by atoms with van der Waals surface area (Å²) in [5, 5.41) is 6.24. The highest BCUT2D eigenvalue weighted by molar-refractivity contribution is 5.90. The Bertz CT molecular complexity index is 421. The van der Waals surface area contributed by atoms with Crippen molar-refractivity contribution in [3.05, 3.63) is 5.82 Å². The molecule has 1 aliphatic heterocycles. The van der Waals surface area contributed by atoms with Gasteiger partial charge in [-0.05, 0) is 13.0 Å². The van der Waals surface area contributed by atoms with Crippen molar-refractivity contribution in [2.75, 3.05) is 52.2 Å². The van der Waals surface area contributed by atoms with E-state index in [-0.39, 0.29) is 17.7 Å². The highest BCUT2D eigenvalue weighted by Gasteiger charge is 2.22. The molecule has 1 aromatic heterocycles. The molecule has 2 rings (SSSR count). The smallest absolute Gasteiger partial charge is 0.291 e. The molecule has 1 aliphatic rings. The van der Waals surface area contributed by atoms with Crippen LogP contribution in [-0.4, -0.2) is 77.3 Å². The zero-order valence-corrected chi connectivity index (χ0v) is 11.1. The van der Waals surface area contributed by atoms with Gasteiger partial charge >= 0.3 is 0 Å². The van der Waals surface area contributed by atoms with E-state index in [9.17, 15) is 4.79 Å². The Labute approximate surface area is 111 Å². The van der Waals surface area contributed by atoms with E-state index in [4.69, 9.17) is 10.5 Å². The van der Waals surface area contributed by atoms with Crippen LogP contribution in [0.4, 0.5) is 5.95 Å². The number of ether oxygens (including phenoxy) is 1. The van der Waals surface area contributed by atoms with E-state index in [1.165, 1.54) is 0 Å². The van der Waals surface area contributed by atoms with Crippen LogP contribution in [-0.2, 0) is 4.74 Å². The van der Waals surface area contributed by atoms with Crippen molar-refractivity contribution >= 4 is 11.9 Å². The van der Waals surface area contributed by atoms with E-state index in [1.807, 2.05) is 0 Å². The Hall–Kier alpha value is -1.67. The van der Waals surface area contributed by atoms with Crippen LogP contribution in [0.2, 0.25) is 0 Å². The summed E-state index contributed by atoms with van der Waals surface area (Å²) < 4.78 is 5.07. The van der Waals surface area contributed by atoms with E-state index < -0.39 is 0 Å². The molecule has 19 heavy (non-hydrogen) atoms. The molecule has 0 spiro atoms. The van der Waals surface area contributed by atoms with Gasteiger partial charge in [-0.2, -0.15) is 4.98 Å². The number of rotatable bonds is 4. The minimum atomic E-state index is -0.141. The molecule has 0 aromatic carbocycles. The number of carbonyl (C=O) groups excluding carboxylic acids is 1. The van der Waals surface area contributed by atoms with Crippen molar-refractivity contribution in [3.63, 3.8) is 0 Å². The van der Waals surface area contributed by atoms with E-state index >= 15 is 0 Å². The van der Waals surface area contributed by atoms with E-state index in [0.29, 0.717) is 13.2 Å². The average Bonchev–Trinajstić information content (AvgIpc) is 2.71. The van der Waals surface area contributed by atoms with Crippen molar-refractivity contribution in [2.45, 2.75) is 6.42 Å². The third kappa shape index (κ3) is 3.65. The van der Waals surface area contributed by atoms with Crippen molar-refractivity contribution in [1.82, 2.24) is 25.0 Å². The molecule has 8 nitrogen and oxygen atoms in total. The Balaban J connectivity index is 1.90. The fourth-order valence-corrected chi connectivity index (χ4v) is 2.14. The summed E-state index contributed by atoms with van der Waals surface area (Å²) in [5.41, 5.74) is 5.41. The van der Waals surface area contributed by atoms with Gasteiger partial charge in [-0.15, -0.1) is 5.10 Å². The summed E-state index contributed by atoms with van der Waals surface area (Å²) in [7, 11) is 1.70. The van der Waals surface area contributed by atoms with Crippen LogP contribution in [0.3, 0.4) is 0 Å². The number of hydrogen-bond donors (Lipinski definition) is 2. The summed E-state index contributed by atoms with van der Waals surface area (Å²) in [6, 6.07) is 0. The van der Waals surface area contributed by atoms with E-state index in [1.54, 1.807) is 12.0 Å². The van der Waals surface area contributed by atoms with Gasteiger partial charge in [0.15, 0.2) is 0 Å². The van der Waals surface area contributed by atoms with Gasteiger partial charge in [-0.3, -0.25) is 14.8 Å². The lowest BCUT2D eigenvalue weighted by Crippen LogP contribution is -2.36. The standard InChI is InChI=1S/C11H20N6O2/c1-19-8-7-16-3-2-4-17(6-5-16)10(18)9-13-11(12)15-14-9/h2-8H2,1H3,(H3,12,13,14,15). The fourth-order valence-electron chi connectivity index (χ4n) is 2.14. The average molecular weight is 268 g/mol. The molecule has 0 unspecified atom stereocenters. The number of nitrogens with zero attached hydrogens (tertiary/aromatic N) is 4. The Morgan fingerprint density at radius 3 is 2.95 bits per heavy atom. The van der Waals surface area contributed by atoms with Crippen LogP contribution in [0.1, 0.15) is 17.0 Å². The molecular weight excluding hydrogens is 248 g/mol. The first-order valence-corrected chi connectivity index (χ1v) is 6.39. The molecular formula is C11H20N6O2. The zero-order chi connectivity index (χ0) is 13.7. The van der Waals surface area contributed by atoms with Gasteiger partial charge in [-0.1, -0.05) is 0 Å². The number of nitrogens with one attached hydrogen (secondary N) is 1. The molecule has 106 valence electrons. The minimum absolute atomic E-state index is 0.0971. The van der Waals surface area contributed by atoms with Crippen molar-refractivity contribution in [3.8, 4) is 0 Å². The topological polar surface area (TPSA) is 100 Å². The predicted octanol–water partition coefficient (Wildman–Crippen LogP) is -0.819. The van der Waals surface area contributed by atoms with Crippen molar-refractivity contribution in [1.29, 1.82) is 0 Å². The fraction of sp³-hybridized carbons (Fsp3) is 0.727. The second-order valence-corrected chi connectivity index (χ2v) is 4.52. The third-order valence-electron chi connectivity index (χ3n) is 3.19. The van der Waals surface area contributed by atoms with Crippen molar-refractivity contribution < 1.29 is 9.53 Å². The second-order valence-electron chi connectivity index (χ2n) is 4.52. The molecule has 1 fully saturated rings. The third-order valence-corrected chi connectivity index (χ3v) is 3.19. The monoisotopic (exact) mass is 268 g/mol. The molecule has 1 aromatic rings. The van der Waals surface area contributed by atoms with Gasteiger partial charge in [-0.25, -0.2) is 0 Å². The summed E-state index contributed by atoms with van der Waals surface area (Å²) in [6.07, 6.45) is 0.944. The van der Waals surface area contributed by atoms with Crippen molar-refractivity contribution in [2.24, 2.45) is 0 Å². The number of H-pyrrole nitrogens is 1. The number of amides is 1. The highest BCUT2D eigenvalue weighted by atomic mass is 16.5. The van der Waals surface area contributed by atoms with E-state index in [2.05, 4.69) is 20.1 Å². The Morgan fingerprint density at radius 2 is 2.26 bits per heavy atom. The largest absolute Gasteiger partial charge is 0.383 e. The number of methoxy groups -OCH3 is 1. The molecule has 1 saturated heterocycles. The first-order valence-electron chi connectivity index (χ1n) is 6.39. The van der Waals surface area contributed by atoms with E-state index in [0.717, 1.165) is 32.6 Å². The van der Waals surface area contributed by atoms with Crippen LogP contribution in [0, 0.1) is 0 Å². The molecule has 3 N–H and O–H groups in total. The van der Waals surface area contributed by atoms with Gasteiger partial charge in [0.25, 0.3) is 5.91 Å². The number of anilines is 1. The van der Waals surface area contributed by atoms with Gasteiger partial charge < -0.3 is 15.4 Å². The Kier molecular flexibility index (Phi) is 4.69. The maximum atomic E-state index is 12.2. The maximum Gasteiger partial charge on any atom is 0.291 e. The highest BCUT2D eigenvalue weighted by Crippen LogP contribution is 2.07. The Morgan fingerprint density at radius 1 is 1.42 bits per heavy atom. The minimum Gasteiger partial charge on any atom is -0.383 e. The summed E-state index contributed by atoms with van der Waals surface area (Å²) in [5.74, 6) is 0.167. The quantitative estimate of drug-likeness (QED) is 0.740. The number of nitrogen functional groups attached to an aromatic ring is 1. The predicted molar refractivity (Wildman–Crippen MR) is 69.6 cm³/mol. The summed E-state index contributed by atoms with van der Waals surface area (Å²) in [4.78, 5) is 20.1. The summed E-state index contributed by atoms with van der Waals surface area (Å²) >= 11 is 0. The number of aromatic amines is 1. The van der Waals surface area contributed by atoms with Gasteiger partial charge in [0.05, 0.1) is 6.61 Å². The van der Waals surface area contributed by atoms with Gasteiger partial charge in [0.1, 0.15) is 0 Å². The zero-order valence-electron chi connectivity index (χ0n) is 11.1. The normalized spacial score (nSPS) is 17.4. The van der Waals surface area contributed by atoms with Crippen LogP contribution < -0.4 is 5.73 Å². The second kappa shape index (κ2) is 6.48. The van der Waals surface area contributed by atoms with Crippen LogP contribution in [0.25, 0.3) is 0 Å². The lowest BCUT2D eigenvalue weighted by Gasteiger charge is -2.20. The molecule has 0 saturated carbocycles. The first-order chi connectivity index (χ1) is 9.20. The number of nitrogens with two attached hydrogens (primary N) is 1. The molecule has 8 heteroatoms. The van der Waals surface area contributed by atoms with Crippen LogP contribution in [0.15, 0.2) is 0 Å². The van der Waals surface area contributed by atoms with Gasteiger partial charge in [0, 0.05) is 33.3 Å². The number of aromatic nitrogens is 3. The lowest BCUT2D eigenvalue weighted by molar-refractivity contribution is 0.0747. The molecule has 0 radical (unpaired) electrons. The molecule has 2 heterocycles. The molecule has 0 atom stereocenters. The molecule has 1 amide bonds. The number of hydrogen-bond acceptors (Lipinski definition) is 6. The summed E-state index contributed by atoms with van der Waals surface area (Å²) in [6.45, 7) is 4.84. The van der Waals surface area contributed by atoms with Gasteiger partial charge in [0.2, 0.25) is 11.8 Å². The lowest BCUT2D eigenvalue weighted by atomic mass is 10.3. The van der Waals surface area contributed by atoms with Crippen LogP contribution >= 0.6 is 0 Å². The maximum absolute atomic E-state index is 12.2. The molecule has 0 aliphatic carbocycles.